The number of piperazine rings is 1. The van der Waals surface area contributed by atoms with Gasteiger partial charge in [0.15, 0.2) is 0 Å². The third-order valence-electron chi connectivity index (χ3n) is 8.46. The lowest BCUT2D eigenvalue weighted by Crippen LogP contribution is -2.54. The number of carbonyl (C=O) groups is 5. The van der Waals surface area contributed by atoms with E-state index in [2.05, 4.69) is 30.0 Å². The van der Waals surface area contributed by atoms with Gasteiger partial charge in [0.1, 0.15) is 6.04 Å². The van der Waals surface area contributed by atoms with Crippen molar-refractivity contribution < 1.29 is 29.1 Å². The summed E-state index contributed by atoms with van der Waals surface area (Å²) >= 11 is 0. The van der Waals surface area contributed by atoms with Crippen LogP contribution in [0.15, 0.2) is 30.6 Å². The second kappa shape index (κ2) is 10.9. The molecule has 6 rings (SSSR count). The Bertz CT molecular complexity index is 1400. The van der Waals surface area contributed by atoms with E-state index in [1.807, 2.05) is 6.07 Å². The second-order valence-electron chi connectivity index (χ2n) is 11.0. The number of piperidine rings is 2. The summed E-state index contributed by atoms with van der Waals surface area (Å²) in [5.74, 6) is -1.91. The number of amides is 4. The van der Waals surface area contributed by atoms with Crippen molar-refractivity contribution in [3.05, 3.63) is 47.3 Å². The molecule has 0 spiro atoms. The Hall–Kier alpha value is -4.39. The molecule has 4 aliphatic heterocycles. The summed E-state index contributed by atoms with van der Waals surface area (Å²) in [6.45, 7) is 6.00. The molecule has 0 aliphatic carbocycles. The highest BCUT2D eigenvalue weighted by atomic mass is 16.4. The van der Waals surface area contributed by atoms with Gasteiger partial charge in [0, 0.05) is 70.3 Å². The molecule has 1 aromatic heterocycles. The van der Waals surface area contributed by atoms with Crippen LogP contribution >= 0.6 is 0 Å². The number of hydrogen-bond acceptors (Lipinski definition) is 10. The molecule has 0 radical (unpaired) electrons. The van der Waals surface area contributed by atoms with Gasteiger partial charge in [-0.05, 0) is 43.4 Å². The van der Waals surface area contributed by atoms with Gasteiger partial charge in [-0.2, -0.15) is 0 Å². The number of nitrogens with one attached hydrogen (secondary N) is 1. The molecule has 13 heteroatoms. The molecule has 5 heterocycles. The zero-order valence-electron chi connectivity index (χ0n) is 22.5. The SMILES string of the molecule is O=C1CCC(N2C(=O)c3ccc(N4CCN(CC5CCN(c6ncc(C(=O)O)cn6)CC5)CC4)cc3C2=O)C(=O)N1. The van der Waals surface area contributed by atoms with Crippen LogP contribution in [0.25, 0.3) is 0 Å². The molecule has 4 aliphatic rings. The number of anilines is 2. The van der Waals surface area contributed by atoms with E-state index in [0.717, 1.165) is 69.2 Å². The van der Waals surface area contributed by atoms with Crippen LogP contribution in [0.5, 0.6) is 0 Å². The summed E-state index contributed by atoms with van der Waals surface area (Å²) in [6, 6.07) is 4.30. The van der Waals surface area contributed by atoms with Gasteiger partial charge >= 0.3 is 5.97 Å². The lowest BCUT2D eigenvalue weighted by molar-refractivity contribution is -0.136. The normalized spacial score (nSPS) is 22.2. The van der Waals surface area contributed by atoms with Crippen molar-refractivity contribution in [2.75, 3.05) is 55.6 Å². The van der Waals surface area contributed by atoms with Crippen LogP contribution in [0.4, 0.5) is 11.6 Å². The van der Waals surface area contributed by atoms with Crippen molar-refractivity contribution in [3.8, 4) is 0 Å². The fourth-order valence-corrected chi connectivity index (χ4v) is 6.12. The summed E-state index contributed by atoms with van der Waals surface area (Å²) in [5, 5.41) is 11.3. The Morgan fingerprint density at radius 2 is 1.56 bits per heavy atom. The standard InChI is InChI=1S/C28H31N7O6/c36-23-4-3-22(24(37)31-23)35-25(38)20-2-1-19(13-21(20)26(35)39)33-11-9-32(10-12-33)16-17-5-7-34(8-6-17)28-29-14-18(15-30-28)27(40)41/h1-2,13-15,17,22H,3-12,16H2,(H,40,41)(H,31,36,37). The van der Waals surface area contributed by atoms with Crippen molar-refractivity contribution >= 4 is 41.2 Å². The molecular weight excluding hydrogens is 530 g/mol. The molecule has 3 saturated heterocycles. The van der Waals surface area contributed by atoms with E-state index < -0.39 is 35.6 Å². The topological polar surface area (TPSA) is 156 Å². The number of aromatic nitrogens is 2. The van der Waals surface area contributed by atoms with Crippen LogP contribution in [-0.2, 0) is 9.59 Å². The second-order valence-corrected chi connectivity index (χ2v) is 11.0. The number of carbonyl (C=O) groups excluding carboxylic acids is 4. The molecule has 1 atom stereocenters. The molecule has 3 fully saturated rings. The van der Waals surface area contributed by atoms with Crippen LogP contribution in [0.3, 0.4) is 0 Å². The molecular formula is C28H31N7O6. The maximum absolute atomic E-state index is 13.2. The molecule has 41 heavy (non-hydrogen) atoms. The number of nitrogens with zero attached hydrogens (tertiary/aromatic N) is 6. The minimum atomic E-state index is -1.04. The zero-order valence-corrected chi connectivity index (χ0v) is 22.5. The first-order valence-corrected chi connectivity index (χ1v) is 13.9. The van der Waals surface area contributed by atoms with Gasteiger partial charge in [0.05, 0.1) is 16.7 Å². The van der Waals surface area contributed by atoms with Gasteiger partial charge in [0.25, 0.3) is 11.8 Å². The highest BCUT2D eigenvalue weighted by Gasteiger charge is 2.44. The summed E-state index contributed by atoms with van der Waals surface area (Å²) in [6.07, 6.45) is 4.94. The average molecular weight is 562 g/mol. The van der Waals surface area contributed by atoms with Gasteiger partial charge in [0.2, 0.25) is 17.8 Å². The smallest absolute Gasteiger partial charge is 0.338 e. The van der Waals surface area contributed by atoms with Crippen LogP contribution in [0.1, 0.15) is 56.8 Å². The van der Waals surface area contributed by atoms with E-state index in [-0.39, 0.29) is 24.0 Å². The van der Waals surface area contributed by atoms with Gasteiger partial charge in [-0.25, -0.2) is 14.8 Å². The average Bonchev–Trinajstić information content (AvgIpc) is 3.23. The van der Waals surface area contributed by atoms with Crippen molar-refractivity contribution in [2.45, 2.75) is 31.7 Å². The summed E-state index contributed by atoms with van der Waals surface area (Å²) in [4.78, 5) is 77.2. The van der Waals surface area contributed by atoms with Crippen molar-refractivity contribution in [1.82, 2.24) is 25.1 Å². The van der Waals surface area contributed by atoms with E-state index in [4.69, 9.17) is 5.11 Å². The monoisotopic (exact) mass is 561 g/mol. The fraction of sp³-hybridized carbons (Fsp3) is 0.464. The lowest BCUT2D eigenvalue weighted by atomic mass is 9.96. The number of rotatable bonds is 6. The molecule has 2 N–H and O–H groups in total. The number of carboxylic acid groups (broad SMARTS) is 1. The third kappa shape index (κ3) is 5.24. The highest BCUT2D eigenvalue weighted by Crippen LogP contribution is 2.31. The number of hydrogen-bond donors (Lipinski definition) is 2. The molecule has 214 valence electrons. The summed E-state index contributed by atoms with van der Waals surface area (Å²) in [5.41, 5.74) is 1.54. The fourth-order valence-electron chi connectivity index (χ4n) is 6.12. The van der Waals surface area contributed by atoms with Gasteiger partial charge in [-0.1, -0.05) is 0 Å². The Morgan fingerprint density at radius 3 is 2.22 bits per heavy atom. The van der Waals surface area contributed by atoms with Crippen molar-refractivity contribution in [3.63, 3.8) is 0 Å². The molecule has 4 amide bonds. The van der Waals surface area contributed by atoms with E-state index in [1.54, 1.807) is 12.1 Å². The zero-order chi connectivity index (χ0) is 28.7. The predicted octanol–water partition coefficient (Wildman–Crippen LogP) is 0.615. The highest BCUT2D eigenvalue weighted by molar-refractivity contribution is 6.23. The van der Waals surface area contributed by atoms with Crippen molar-refractivity contribution in [1.29, 1.82) is 0 Å². The Morgan fingerprint density at radius 1 is 0.878 bits per heavy atom. The van der Waals surface area contributed by atoms with E-state index >= 15 is 0 Å². The maximum atomic E-state index is 13.2. The number of imide groups is 2. The van der Waals surface area contributed by atoms with Crippen molar-refractivity contribution in [2.24, 2.45) is 5.92 Å². The number of carboxylic acids is 1. The van der Waals surface area contributed by atoms with E-state index in [0.29, 0.717) is 17.4 Å². The largest absolute Gasteiger partial charge is 0.478 e. The number of fused-ring (bicyclic) bond motifs is 1. The Kier molecular flexibility index (Phi) is 7.12. The minimum absolute atomic E-state index is 0.0805. The summed E-state index contributed by atoms with van der Waals surface area (Å²) < 4.78 is 0. The Labute approximate surface area is 236 Å². The van der Waals surface area contributed by atoms with E-state index in [9.17, 15) is 24.0 Å². The first-order chi connectivity index (χ1) is 19.8. The first kappa shape index (κ1) is 26.8. The first-order valence-electron chi connectivity index (χ1n) is 13.9. The van der Waals surface area contributed by atoms with Crippen LogP contribution < -0.4 is 15.1 Å². The minimum Gasteiger partial charge on any atom is -0.478 e. The number of aromatic carboxylic acids is 1. The third-order valence-corrected chi connectivity index (χ3v) is 8.46. The number of benzene rings is 1. The lowest BCUT2D eigenvalue weighted by Gasteiger charge is -2.39. The van der Waals surface area contributed by atoms with Crippen LogP contribution in [0.2, 0.25) is 0 Å². The quantitative estimate of drug-likeness (QED) is 0.477. The van der Waals surface area contributed by atoms with Gasteiger partial charge in [-0.3, -0.25) is 34.3 Å². The van der Waals surface area contributed by atoms with E-state index in [1.165, 1.54) is 12.4 Å². The van der Waals surface area contributed by atoms with Crippen LogP contribution in [-0.4, -0.2) is 106 Å². The predicted molar refractivity (Wildman–Crippen MR) is 146 cm³/mol. The summed E-state index contributed by atoms with van der Waals surface area (Å²) in [7, 11) is 0. The molecule has 0 saturated carbocycles. The van der Waals surface area contributed by atoms with Gasteiger partial charge in [-0.15, -0.1) is 0 Å². The molecule has 13 nitrogen and oxygen atoms in total. The molecule has 1 unspecified atom stereocenters. The van der Waals surface area contributed by atoms with Gasteiger partial charge < -0.3 is 14.9 Å². The van der Waals surface area contributed by atoms with Crippen LogP contribution in [0, 0.1) is 5.92 Å². The molecule has 0 bridgehead atoms. The molecule has 1 aromatic carbocycles. The molecule has 2 aromatic rings. The Balaban J connectivity index is 1.01. The maximum Gasteiger partial charge on any atom is 0.338 e.